The average molecular weight is 611 g/mol. The second kappa shape index (κ2) is 14.1. The van der Waals surface area contributed by atoms with Gasteiger partial charge in [0.25, 0.3) is 0 Å². The second-order valence-electron chi connectivity index (χ2n) is 17.5. The van der Waals surface area contributed by atoms with Crippen LogP contribution in [0.15, 0.2) is 40.1 Å². The van der Waals surface area contributed by atoms with Gasteiger partial charge >= 0.3 is 0 Å². The zero-order valence-corrected chi connectivity index (χ0v) is 32.2. The molecule has 2 aromatic carbocycles. The minimum atomic E-state index is -0.00704. The van der Waals surface area contributed by atoms with E-state index in [0.29, 0.717) is 0 Å². The molecule has 0 nitrogen and oxygen atoms in total. The van der Waals surface area contributed by atoms with Crippen LogP contribution < -0.4 is 0 Å². The number of thioether (sulfide) groups is 2. The predicted octanol–water partition coefficient (Wildman–Crippen LogP) is 13.6. The van der Waals surface area contributed by atoms with Gasteiger partial charge in [-0.3, -0.25) is 0 Å². The van der Waals surface area contributed by atoms with Gasteiger partial charge in [0.2, 0.25) is 0 Å². The molecule has 2 rings (SSSR count). The zero-order chi connectivity index (χ0) is 32.3. The van der Waals surface area contributed by atoms with Gasteiger partial charge in [-0.2, -0.15) is 0 Å². The van der Waals surface area contributed by atoms with Gasteiger partial charge in [-0.05, 0) is 106 Å². The lowest BCUT2D eigenvalue weighted by Gasteiger charge is -2.33. The Morgan fingerprint density at radius 2 is 0.976 bits per heavy atom. The summed E-state index contributed by atoms with van der Waals surface area (Å²) >= 11 is 4.06. The molecular weight excluding hydrogens is 545 g/mol. The van der Waals surface area contributed by atoms with E-state index in [-0.39, 0.29) is 25.7 Å². The van der Waals surface area contributed by atoms with Crippen LogP contribution in [0.5, 0.6) is 0 Å². The summed E-state index contributed by atoms with van der Waals surface area (Å²) in [6.07, 6.45) is 7.83. The lowest BCUT2D eigenvalue weighted by molar-refractivity contribution is 0.458. The highest BCUT2D eigenvalue weighted by atomic mass is 32.2. The maximum Gasteiger partial charge on any atom is 0.0649 e. The topological polar surface area (TPSA) is 0 Å². The first-order chi connectivity index (χ1) is 18.9. The molecular formula is C40H66S2. The molecule has 0 fully saturated rings. The van der Waals surface area contributed by atoms with Crippen LogP contribution in [0.3, 0.4) is 0 Å². The Hall–Kier alpha value is -0.860. The average Bonchev–Trinajstić information content (AvgIpc) is 2.79. The molecule has 2 heteroatoms. The third-order valence-corrected chi connectivity index (χ3v) is 10.8. The van der Waals surface area contributed by atoms with Crippen LogP contribution in [0.1, 0.15) is 171 Å². The van der Waals surface area contributed by atoms with Gasteiger partial charge < -0.3 is 0 Å². The Kier molecular flexibility index (Phi) is 12.5. The van der Waals surface area contributed by atoms with Crippen LogP contribution in [0, 0.1) is 5.92 Å². The van der Waals surface area contributed by atoms with Crippen LogP contribution in [0.25, 0.3) is 0 Å². The van der Waals surface area contributed by atoms with E-state index in [0.717, 1.165) is 5.92 Å². The quantitative estimate of drug-likeness (QED) is 0.141. The summed E-state index contributed by atoms with van der Waals surface area (Å²) < 4.78 is -0.00704. The van der Waals surface area contributed by atoms with E-state index in [1.165, 1.54) is 59.4 Å². The summed E-state index contributed by atoms with van der Waals surface area (Å²) in [5.41, 5.74) is 8.04. The molecule has 0 spiro atoms. The molecule has 0 aliphatic carbocycles. The normalized spacial score (nSPS) is 14.4. The van der Waals surface area contributed by atoms with Crippen molar-refractivity contribution in [2.75, 3.05) is 0 Å². The zero-order valence-electron chi connectivity index (χ0n) is 30.5. The third kappa shape index (κ3) is 11.3. The largest absolute Gasteiger partial charge is 0.109 e. The predicted molar refractivity (Wildman–Crippen MR) is 195 cm³/mol. The lowest BCUT2D eigenvalue weighted by atomic mass is 9.75. The summed E-state index contributed by atoms with van der Waals surface area (Å²) in [7, 11) is 0. The monoisotopic (exact) mass is 610 g/mol. The van der Waals surface area contributed by atoms with E-state index in [1.54, 1.807) is 16.7 Å². The fourth-order valence-corrected chi connectivity index (χ4v) is 8.46. The van der Waals surface area contributed by atoms with Gasteiger partial charge in [-0.1, -0.05) is 129 Å². The standard InChI is InChI=1S/C40H66S2/c1-17-20-28(2)21-18-19-22-33-34(38(9,10)11)26-32(27-35(33)39(12,13)14)42-40(15,16)41-31-24-29(36(3,4)5)23-30(25-31)37(6,7)8/h23-28H,17-22H2,1-16H3/t28-/m1/s1. The van der Waals surface area contributed by atoms with Crippen molar-refractivity contribution in [2.45, 2.75) is 185 Å². The number of unbranched alkanes of at least 4 members (excludes halogenated alkanes) is 1. The first kappa shape index (κ1) is 37.3. The number of rotatable bonds is 11. The van der Waals surface area contributed by atoms with E-state index in [9.17, 15) is 0 Å². The van der Waals surface area contributed by atoms with Crippen LogP contribution in [0.4, 0.5) is 0 Å². The molecule has 0 unspecified atom stereocenters. The van der Waals surface area contributed by atoms with Crippen LogP contribution in [-0.2, 0) is 28.1 Å². The Bertz CT molecular complexity index is 1090. The Morgan fingerprint density at radius 1 is 0.548 bits per heavy atom. The molecule has 0 amide bonds. The SMILES string of the molecule is CCC[C@@H](C)CCCCc1c(C(C)(C)C)cc(SC(C)(C)Sc2cc(C(C)(C)C)cc(C(C)(C)C)c2)cc1C(C)(C)C. The van der Waals surface area contributed by atoms with Gasteiger partial charge in [-0.15, -0.1) is 23.5 Å². The van der Waals surface area contributed by atoms with Crippen molar-refractivity contribution in [3.05, 3.63) is 58.1 Å². The number of hydrogen-bond donors (Lipinski definition) is 0. The van der Waals surface area contributed by atoms with Crippen molar-refractivity contribution in [1.82, 2.24) is 0 Å². The molecule has 0 saturated carbocycles. The van der Waals surface area contributed by atoms with Gasteiger partial charge in [0, 0.05) is 9.79 Å². The van der Waals surface area contributed by atoms with E-state index in [1.807, 2.05) is 23.5 Å². The summed E-state index contributed by atoms with van der Waals surface area (Å²) in [6, 6.07) is 12.4. The Morgan fingerprint density at radius 3 is 1.36 bits per heavy atom. The van der Waals surface area contributed by atoms with Crippen molar-refractivity contribution >= 4 is 23.5 Å². The molecule has 1 atom stereocenters. The second-order valence-corrected chi connectivity index (χ2v) is 21.1. The lowest BCUT2D eigenvalue weighted by Crippen LogP contribution is -2.22. The van der Waals surface area contributed by atoms with E-state index >= 15 is 0 Å². The highest BCUT2D eigenvalue weighted by molar-refractivity contribution is 8.18. The third-order valence-electron chi connectivity index (χ3n) is 8.36. The van der Waals surface area contributed by atoms with Crippen LogP contribution in [-0.4, -0.2) is 4.08 Å². The smallest absolute Gasteiger partial charge is 0.0649 e. The molecule has 0 N–H and O–H groups in total. The van der Waals surface area contributed by atoms with E-state index in [2.05, 4.69) is 141 Å². The van der Waals surface area contributed by atoms with Crippen molar-refractivity contribution in [1.29, 1.82) is 0 Å². The number of benzene rings is 2. The minimum Gasteiger partial charge on any atom is -0.109 e. The summed E-state index contributed by atoms with van der Waals surface area (Å²) in [5, 5.41) is 0. The fourth-order valence-electron chi connectivity index (χ4n) is 5.86. The highest BCUT2D eigenvalue weighted by Crippen LogP contribution is 2.48. The van der Waals surface area contributed by atoms with E-state index in [4.69, 9.17) is 0 Å². The van der Waals surface area contributed by atoms with Gasteiger partial charge in [0.05, 0.1) is 4.08 Å². The summed E-state index contributed by atoms with van der Waals surface area (Å²) in [5.74, 6) is 0.848. The van der Waals surface area contributed by atoms with Crippen molar-refractivity contribution in [3.63, 3.8) is 0 Å². The summed E-state index contributed by atoms with van der Waals surface area (Å²) in [6.45, 7) is 38.0. The molecule has 42 heavy (non-hydrogen) atoms. The van der Waals surface area contributed by atoms with Crippen LogP contribution in [0.2, 0.25) is 0 Å². The highest BCUT2D eigenvalue weighted by Gasteiger charge is 2.30. The maximum atomic E-state index is 2.55. The fraction of sp³-hybridized carbons (Fsp3) is 0.700. The van der Waals surface area contributed by atoms with Gasteiger partial charge in [0.1, 0.15) is 0 Å². The van der Waals surface area contributed by atoms with Crippen molar-refractivity contribution < 1.29 is 0 Å². The molecule has 0 radical (unpaired) electrons. The molecule has 0 aliphatic rings. The molecule has 2 aromatic rings. The minimum absolute atomic E-state index is 0.00704. The molecule has 0 saturated heterocycles. The van der Waals surface area contributed by atoms with E-state index < -0.39 is 0 Å². The number of hydrogen-bond acceptors (Lipinski definition) is 2. The molecule has 0 aliphatic heterocycles. The van der Waals surface area contributed by atoms with Crippen molar-refractivity contribution in [2.24, 2.45) is 5.92 Å². The molecule has 0 heterocycles. The van der Waals surface area contributed by atoms with Gasteiger partial charge in [0.15, 0.2) is 0 Å². The Balaban J connectivity index is 2.47. The van der Waals surface area contributed by atoms with Crippen molar-refractivity contribution in [3.8, 4) is 0 Å². The molecule has 0 bridgehead atoms. The molecule has 0 aromatic heterocycles. The maximum absolute atomic E-state index is 2.55. The Labute approximate surface area is 271 Å². The molecule has 238 valence electrons. The first-order valence-electron chi connectivity index (χ1n) is 16.7. The first-order valence-corrected chi connectivity index (χ1v) is 18.3. The summed E-state index contributed by atoms with van der Waals surface area (Å²) in [4.78, 5) is 2.79. The van der Waals surface area contributed by atoms with Crippen LogP contribution >= 0.6 is 23.5 Å². The van der Waals surface area contributed by atoms with Gasteiger partial charge in [-0.25, -0.2) is 0 Å².